The summed E-state index contributed by atoms with van der Waals surface area (Å²) in [5.41, 5.74) is 9.96. The maximum Gasteiger partial charge on any atom is 0.133 e. The van der Waals surface area contributed by atoms with Crippen molar-refractivity contribution in [1.29, 1.82) is 0 Å². The SMILES string of the molecule is [N-]=[N+]=NC1(C=O)[C@@H]2C=C[C@H]1[C@H](OCc1ccccc1)[C@H]2OCc1ccccc1. The van der Waals surface area contributed by atoms with Crippen LogP contribution in [-0.4, -0.2) is 24.0 Å². The first-order valence-corrected chi connectivity index (χ1v) is 9.30. The van der Waals surface area contributed by atoms with Gasteiger partial charge < -0.3 is 14.3 Å². The fourth-order valence-electron chi connectivity index (χ4n) is 4.25. The molecule has 6 heteroatoms. The summed E-state index contributed by atoms with van der Waals surface area (Å²) in [6.45, 7) is 0.804. The molecule has 1 unspecified atom stereocenters. The van der Waals surface area contributed by atoms with Crippen molar-refractivity contribution in [2.75, 3.05) is 0 Å². The Bertz CT molecular complexity index is 834. The van der Waals surface area contributed by atoms with Crippen LogP contribution in [0.2, 0.25) is 0 Å². The number of hydrogen-bond acceptors (Lipinski definition) is 4. The van der Waals surface area contributed by atoms with Crippen LogP contribution >= 0.6 is 0 Å². The zero-order chi connectivity index (χ0) is 19.4. The topological polar surface area (TPSA) is 84.3 Å². The molecular formula is C22H21N3O3. The number of carbonyl (C=O) groups excluding carboxylic acids is 1. The lowest BCUT2D eigenvalue weighted by atomic mass is 9.88. The Hall–Kier alpha value is -2.92. The number of benzene rings is 2. The fourth-order valence-corrected chi connectivity index (χ4v) is 4.25. The zero-order valence-corrected chi connectivity index (χ0v) is 15.3. The van der Waals surface area contributed by atoms with Crippen LogP contribution in [0, 0.1) is 11.8 Å². The molecule has 2 aromatic rings. The van der Waals surface area contributed by atoms with Gasteiger partial charge in [-0.15, -0.1) is 0 Å². The third-order valence-corrected chi connectivity index (χ3v) is 5.60. The Kier molecular flexibility index (Phi) is 5.26. The van der Waals surface area contributed by atoms with Crippen LogP contribution in [0.25, 0.3) is 10.4 Å². The van der Waals surface area contributed by atoms with Crippen molar-refractivity contribution in [3.8, 4) is 0 Å². The molecule has 0 spiro atoms. The minimum absolute atomic E-state index is 0.338. The summed E-state index contributed by atoms with van der Waals surface area (Å²) in [7, 11) is 0. The van der Waals surface area contributed by atoms with Gasteiger partial charge in [0.15, 0.2) is 0 Å². The third kappa shape index (κ3) is 3.22. The van der Waals surface area contributed by atoms with E-state index in [0.717, 1.165) is 17.4 Å². The normalized spacial score (nSPS) is 30.1. The molecule has 2 aromatic carbocycles. The molecule has 2 aliphatic carbocycles. The van der Waals surface area contributed by atoms with E-state index in [-0.39, 0.29) is 24.0 Å². The van der Waals surface area contributed by atoms with Crippen LogP contribution in [-0.2, 0) is 27.5 Å². The van der Waals surface area contributed by atoms with E-state index in [1.54, 1.807) is 0 Å². The van der Waals surface area contributed by atoms with Crippen molar-refractivity contribution < 1.29 is 14.3 Å². The largest absolute Gasteiger partial charge is 0.370 e. The van der Waals surface area contributed by atoms with Gasteiger partial charge in [0.2, 0.25) is 0 Å². The molecule has 28 heavy (non-hydrogen) atoms. The lowest BCUT2D eigenvalue weighted by molar-refractivity contribution is -0.114. The van der Waals surface area contributed by atoms with Gasteiger partial charge in [0.1, 0.15) is 11.8 Å². The minimum Gasteiger partial charge on any atom is -0.370 e. The molecule has 6 nitrogen and oxygen atoms in total. The smallest absolute Gasteiger partial charge is 0.133 e. The predicted molar refractivity (Wildman–Crippen MR) is 104 cm³/mol. The number of carbonyl (C=O) groups is 1. The summed E-state index contributed by atoms with van der Waals surface area (Å²) in [6, 6.07) is 19.7. The van der Waals surface area contributed by atoms with Gasteiger partial charge in [0.05, 0.1) is 25.4 Å². The van der Waals surface area contributed by atoms with E-state index in [0.29, 0.717) is 13.2 Å². The quantitative estimate of drug-likeness (QED) is 0.228. The molecule has 2 bridgehead atoms. The summed E-state index contributed by atoms with van der Waals surface area (Å²) >= 11 is 0. The monoisotopic (exact) mass is 375 g/mol. The highest BCUT2D eigenvalue weighted by Crippen LogP contribution is 2.52. The van der Waals surface area contributed by atoms with E-state index >= 15 is 0 Å². The minimum atomic E-state index is -1.18. The molecule has 0 N–H and O–H groups in total. The molecule has 0 aromatic heterocycles. The fraction of sp³-hybridized carbons (Fsp3) is 0.318. The molecule has 0 aliphatic heterocycles. The first-order valence-electron chi connectivity index (χ1n) is 9.30. The van der Waals surface area contributed by atoms with Crippen LogP contribution in [0.1, 0.15) is 11.1 Å². The molecule has 4 rings (SSSR count). The third-order valence-electron chi connectivity index (χ3n) is 5.60. The van der Waals surface area contributed by atoms with Crippen molar-refractivity contribution in [2.45, 2.75) is 31.0 Å². The van der Waals surface area contributed by atoms with Crippen LogP contribution < -0.4 is 0 Å². The molecule has 0 radical (unpaired) electrons. The van der Waals surface area contributed by atoms with Crippen LogP contribution in [0.3, 0.4) is 0 Å². The summed E-state index contributed by atoms with van der Waals surface area (Å²) in [6.07, 6.45) is 3.87. The number of aldehydes is 1. The van der Waals surface area contributed by atoms with Gasteiger partial charge in [-0.1, -0.05) is 77.9 Å². The second kappa shape index (κ2) is 7.98. The molecule has 142 valence electrons. The summed E-state index contributed by atoms with van der Waals surface area (Å²) < 4.78 is 12.4. The van der Waals surface area contributed by atoms with E-state index in [4.69, 9.17) is 15.0 Å². The number of azide groups is 1. The molecule has 0 heterocycles. The molecule has 0 amide bonds. The highest BCUT2D eigenvalue weighted by Gasteiger charge is 2.63. The van der Waals surface area contributed by atoms with E-state index < -0.39 is 5.54 Å². The van der Waals surface area contributed by atoms with E-state index in [9.17, 15) is 4.79 Å². The average Bonchev–Trinajstić information content (AvgIpc) is 3.22. The second-order valence-electron chi connectivity index (χ2n) is 7.15. The number of fused-ring (bicyclic) bond motifs is 2. The van der Waals surface area contributed by atoms with Crippen molar-refractivity contribution in [2.24, 2.45) is 17.0 Å². The number of ether oxygens (including phenoxy) is 2. The first kappa shape index (κ1) is 18.4. The van der Waals surface area contributed by atoms with Crippen LogP contribution in [0.5, 0.6) is 0 Å². The van der Waals surface area contributed by atoms with Gasteiger partial charge in [-0.25, -0.2) is 0 Å². The average molecular weight is 375 g/mol. The standard InChI is InChI=1S/C22H21N3O3/c23-25-24-22(15-26)18-11-12-19(22)21(28-14-17-9-5-2-6-10-17)20(18)27-13-16-7-3-1-4-8-16/h1-12,15,18-21H,13-14H2/t18-,19+,20-,21-,22?/m0/s1. The molecule has 1 saturated carbocycles. The van der Waals surface area contributed by atoms with Gasteiger partial charge in [-0.3, -0.25) is 0 Å². The van der Waals surface area contributed by atoms with Gasteiger partial charge in [-0.05, 0) is 16.7 Å². The number of nitrogens with zero attached hydrogens (tertiary/aromatic N) is 3. The van der Waals surface area contributed by atoms with Crippen molar-refractivity contribution in [3.05, 3.63) is 94.4 Å². The molecule has 2 aliphatic rings. The molecule has 0 saturated heterocycles. The lowest BCUT2D eigenvalue weighted by Gasteiger charge is -2.28. The van der Waals surface area contributed by atoms with Gasteiger partial charge in [-0.2, -0.15) is 0 Å². The Balaban J connectivity index is 1.57. The van der Waals surface area contributed by atoms with Crippen LogP contribution in [0.4, 0.5) is 0 Å². The number of rotatable bonds is 8. The van der Waals surface area contributed by atoms with Gasteiger partial charge in [0.25, 0.3) is 0 Å². The first-order chi connectivity index (χ1) is 13.8. The summed E-state index contributed by atoms with van der Waals surface area (Å²) in [5.74, 6) is -0.675. The Morgan fingerprint density at radius 1 is 0.893 bits per heavy atom. The highest BCUT2D eigenvalue weighted by molar-refractivity contribution is 5.71. The van der Waals surface area contributed by atoms with Gasteiger partial charge >= 0.3 is 0 Å². The van der Waals surface area contributed by atoms with E-state index in [1.807, 2.05) is 72.8 Å². The summed E-state index contributed by atoms with van der Waals surface area (Å²) in [5, 5.41) is 3.90. The van der Waals surface area contributed by atoms with Crippen molar-refractivity contribution in [1.82, 2.24) is 0 Å². The lowest BCUT2D eigenvalue weighted by Crippen LogP contribution is -2.36. The van der Waals surface area contributed by atoms with E-state index in [1.165, 1.54) is 0 Å². The maximum absolute atomic E-state index is 12.0. The molecule has 5 atom stereocenters. The Morgan fingerprint density at radius 3 is 1.75 bits per heavy atom. The zero-order valence-electron chi connectivity index (χ0n) is 15.3. The Labute approximate surface area is 163 Å². The van der Waals surface area contributed by atoms with Crippen LogP contribution in [0.15, 0.2) is 77.9 Å². The molecule has 1 fully saturated rings. The predicted octanol–water partition coefficient (Wildman–Crippen LogP) is 4.22. The van der Waals surface area contributed by atoms with Gasteiger partial charge in [0, 0.05) is 16.7 Å². The summed E-state index contributed by atoms with van der Waals surface area (Å²) in [4.78, 5) is 15.0. The Morgan fingerprint density at radius 2 is 1.36 bits per heavy atom. The highest BCUT2D eigenvalue weighted by atomic mass is 16.5. The second-order valence-corrected chi connectivity index (χ2v) is 7.15. The van der Waals surface area contributed by atoms with Crippen molar-refractivity contribution >= 4 is 6.29 Å². The maximum atomic E-state index is 12.0. The van der Waals surface area contributed by atoms with Crippen molar-refractivity contribution in [3.63, 3.8) is 0 Å². The van der Waals surface area contributed by atoms with E-state index in [2.05, 4.69) is 10.0 Å². The molecular weight excluding hydrogens is 354 g/mol. The number of hydrogen-bond donors (Lipinski definition) is 0.